The van der Waals surface area contributed by atoms with E-state index in [0.717, 1.165) is 11.3 Å². The molecule has 1 aromatic heterocycles. The highest BCUT2D eigenvalue weighted by molar-refractivity contribution is 5.81. The first kappa shape index (κ1) is 14.3. The maximum atomic E-state index is 11.9. The largest absolute Gasteiger partial charge is 0.467 e. The lowest BCUT2D eigenvalue weighted by atomic mass is 10.0. The average Bonchev–Trinajstić information content (AvgIpc) is 2.99. The van der Waals surface area contributed by atoms with Crippen molar-refractivity contribution >= 4 is 5.91 Å². The van der Waals surface area contributed by atoms with Crippen LogP contribution in [0.3, 0.4) is 0 Å². The summed E-state index contributed by atoms with van der Waals surface area (Å²) in [7, 11) is 0. The van der Waals surface area contributed by atoms with Crippen molar-refractivity contribution in [3.8, 4) is 0 Å². The van der Waals surface area contributed by atoms with E-state index in [1.807, 2.05) is 56.3 Å². The van der Waals surface area contributed by atoms with Crippen LogP contribution >= 0.6 is 0 Å². The first-order valence-corrected chi connectivity index (χ1v) is 6.84. The number of nitrogens with one attached hydrogen (secondary N) is 2. The van der Waals surface area contributed by atoms with E-state index in [2.05, 4.69) is 10.6 Å². The Kier molecular flexibility index (Phi) is 4.96. The molecule has 20 heavy (non-hydrogen) atoms. The van der Waals surface area contributed by atoms with E-state index in [4.69, 9.17) is 4.42 Å². The van der Waals surface area contributed by atoms with E-state index in [0.29, 0.717) is 6.54 Å². The number of carbonyl (C=O) groups excluding carboxylic acids is 1. The van der Waals surface area contributed by atoms with Crippen molar-refractivity contribution in [3.05, 3.63) is 60.1 Å². The van der Waals surface area contributed by atoms with Crippen molar-refractivity contribution in [2.75, 3.05) is 6.54 Å². The van der Waals surface area contributed by atoms with Crippen LogP contribution in [0.5, 0.6) is 0 Å². The molecule has 0 aliphatic heterocycles. The Morgan fingerprint density at radius 2 is 1.95 bits per heavy atom. The monoisotopic (exact) mass is 272 g/mol. The predicted molar refractivity (Wildman–Crippen MR) is 78.3 cm³/mol. The number of carbonyl (C=O) groups is 1. The Morgan fingerprint density at radius 3 is 2.55 bits per heavy atom. The highest BCUT2D eigenvalue weighted by Gasteiger charge is 2.21. The van der Waals surface area contributed by atoms with Crippen LogP contribution in [0.1, 0.15) is 31.2 Å². The minimum atomic E-state index is -0.301. The van der Waals surface area contributed by atoms with Crippen LogP contribution in [0.15, 0.2) is 53.1 Å². The first-order chi connectivity index (χ1) is 9.72. The van der Waals surface area contributed by atoms with E-state index in [9.17, 15) is 4.79 Å². The molecule has 1 aromatic carbocycles. The zero-order valence-electron chi connectivity index (χ0n) is 11.8. The number of likely N-dealkylation sites (N-methyl/N-ethyl adjacent to an activating group) is 1. The molecule has 1 amide bonds. The number of furan rings is 1. The highest BCUT2D eigenvalue weighted by atomic mass is 16.3. The van der Waals surface area contributed by atoms with Gasteiger partial charge < -0.3 is 9.73 Å². The molecule has 2 unspecified atom stereocenters. The normalized spacial score (nSPS) is 13.7. The number of rotatable bonds is 6. The van der Waals surface area contributed by atoms with Gasteiger partial charge in [0.1, 0.15) is 5.76 Å². The van der Waals surface area contributed by atoms with Gasteiger partial charge in [-0.2, -0.15) is 0 Å². The van der Waals surface area contributed by atoms with Gasteiger partial charge in [0.2, 0.25) is 5.91 Å². The lowest BCUT2D eigenvalue weighted by Crippen LogP contribution is -2.43. The van der Waals surface area contributed by atoms with Crippen LogP contribution in [0, 0.1) is 0 Å². The summed E-state index contributed by atoms with van der Waals surface area (Å²) in [4.78, 5) is 11.9. The van der Waals surface area contributed by atoms with Gasteiger partial charge in [-0.25, -0.2) is 0 Å². The second-order valence-corrected chi connectivity index (χ2v) is 4.64. The van der Waals surface area contributed by atoms with Crippen LogP contribution in [-0.4, -0.2) is 18.5 Å². The lowest BCUT2D eigenvalue weighted by molar-refractivity contribution is -0.122. The molecule has 0 fully saturated rings. The Hall–Kier alpha value is -2.07. The van der Waals surface area contributed by atoms with Gasteiger partial charge in [0.05, 0.1) is 18.3 Å². The fourth-order valence-corrected chi connectivity index (χ4v) is 2.10. The first-order valence-electron chi connectivity index (χ1n) is 6.84. The molecule has 4 heteroatoms. The maximum Gasteiger partial charge on any atom is 0.236 e. The minimum Gasteiger partial charge on any atom is -0.467 e. The second kappa shape index (κ2) is 6.91. The second-order valence-electron chi connectivity index (χ2n) is 4.64. The maximum absolute atomic E-state index is 11.9. The summed E-state index contributed by atoms with van der Waals surface area (Å²) in [5, 5.41) is 6.13. The summed E-state index contributed by atoms with van der Waals surface area (Å²) in [5.74, 6) is 0.785. The number of benzene rings is 1. The van der Waals surface area contributed by atoms with Crippen molar-refractivity contribution in [1.29, 1.82) is 0 Å². The van der Waals surface area contributed by atoms with Gasteiger partial charge in [-0.3, -0.25) is 10.1 Å². The van der Waals surface area contributed by atoms with Gasteiger partial charge in [0.15, 0.2) is 0 Å². The van der Waals surface area contributed by atoms with Gasteiger partial charge >= 0.3 is 0 Å². The van der Waals surface area contributed by atoms with Crippen molar-refractivity contribution in [2.45, 2.75) is 25.9 Å². The zero-order valence-corrected chi connectivity index (χ0v) is 11.8. The fraction of sp³-hybridized carbons (Fsp3) is 0.312. The van der Waals surface area contributed by atoms with E-state index >= 15 is 0 Å². The van der Waals surface area contributed by atoms with Gasteiger partial charge in [0.25, 0.3) is 0 Å². The van der Waals surface area contributed by atoms with Crippen LogP contribution < -0.4 is 10.6 Å². The molecule has 2 N–H and O–H groups in total. The molecular weight excluding hydrogens is 252 g/mol. The van der Waals surface area contributed by atoms with E-state index in [1.165, 1.54) is 0 Å². The zero-order chi connectivity index (χ0) is 14.4. The molecule has 2 atom stereocenters. The molecule has 4 nitrogen and oxygen atoms in total. The molecule has 0 saturated carbocycles. The Labute approximate surface area is 119 Å². The SMILES string of the molecule is CCNC(=O)C(C)NC(c1ccccc1)c1ccco1. The van der Waals surface area contributed by atoms with Gasteiger partial charge in [-0.15, -0.1) is 0 Å². The van der Waals surface area contributed by atoms with Crippen molar-refractivity contribution in [1.82, 2.24) is 10.6 Å². The van der Waals surface area contributed by atoms with E-state index in [1.54, 1.807) is 6.26 Å². The molecule has 0 saturated heterocycles. The fourth-order valence-electron chi connectivity index (χ4n) is 2.10. The van der Waals surface area contributed by atoms with Gasteiger partial charge in [-0.05, 0) is 31.5 Å². The van der Waals surface area contributed by atoms with Crippen molar-refractivity contribution in [2.24, 2.45) is 0 Å². The van der Waals surface area contributed by atoms with Gasteiger partial charge in [0, 0.05) is 6.54 Å². The summed E-state index contributed by atoms with van der Waals surface area (Å²) < 4.78 is 5.50. The summed E-state index contributed by atoms with van der Waals surface area (Å²) in [6.07, 6.45) is 1.64. The Morgan fingerprint density at radius 1 is 1.20 bits per heavy atom. The average molecular weight is 272 g/mol. The molecule has 0 spiro atoms. The molecular formula is C16H20N2O2. The highest BCUT2D eigenvalue weighted by Crippen LogP contribution is 2.22. The summed E-state index contributed by atoms with van der Waals surface area (Å²) >= 11 is 0. The minimum absolute atomic E-state index is 0.0139. The lowest BCUT2D eigenvalue weighted by Gasteiger charge is -2.21. The van der Waals surface area contributed by atoms with Crippen LogP contribution in [0.2, 0.25) is 0 Å². The third-order valence-electron chi connectivity index (χ3n) is 3.12. The number of amides is 1. The van der Waals surface area contributed by atoms with E-state index < -0.39 is 0 Å². The molecule has 1 heterocycles. The quantitative estimate of drug-likeness (QED) is 0.849. The smallest absolute Gasteiger partial charge is 0.236 e. The molecule has 2 rings (SSSR count). The summed E-state index contributed by atoms with van der Waals surface area (Å²) in [6, 6.07) is 13.3. The standard InChI is InChI=1S/C16H20N2O2/c1-3-17-16(19)12(2)18-15(14-10-7-11-20-14)13-8-5-4-6-9-13/h4-12,15,18H,3H2,1-2H3,(H,17,19). The summed E-state index contributed by atoms with van der Waals surface area (Å²) in [6.45, 7) is 4.39. The van der Waals surface area contributed by atoms with Crippen LogP contribution in [-0.2, 0) is 4.79 Å². The molecule has 0 aliphatic rings. The third kappa shape index (κ3) is 3.48. The van der Waals surface area contributed by atoms with Gasteiger partial charge in [-0.1, -0.05) is 30.3 Å². The molecule has 0 radical (unpaired) electrons. The van der Waals surface area contributed by atoms with E-state index in [-0.39, 0.29) is 18.0 Å². The van der Waals surface area contributed by atoms with Crippen LogP contribution in [0.4, 0.5) is 0 Å². The molecule has 2 aromatic rings. The molecule has 0 aliphatic carbocycles. The summed E-state index contributed by atoms with van der Waals surface area (Å²) in [5.41, 5.74) is 1.07. The molecule has 106 valence electrons. The molecule has 0 bridgehead atoms. The topological polar surface area (TPSA) is 54.3 Å². The number of hydrogen-bond donors (Lipinski definition) is 2. The Balaban J connectivity index is 2.18. The van der Waals surface area contributed by atoms with Crippen molar-refractivity contribution in [3.63, 3.8) is 0 Å². The number of hydrogen-bond acceptors (Lipinski definition) is 3. The van der Waals surface area contributed by atoms with Crippen molar-refractivity contribution < 1.29 is 9.21 Å². The van der Waals surface area contributed by atoms with Crippen LogP contribution in [0.25, 0.3) is 0 Å². The Bertz CT molecular complexity index is 523. The predicted octanol–water partition coefficient (Wildman–Crippen LogP) is 2.48. The third-order valence-corrected chi connectivity index (χ3v) is 3.12.